The second kappa shape index (κ2) is 3.87. The van der Waals surface area contributed by atoms with Gasteiger partial charge in [0.1, 0.15) is 0 Å². The molecule has 4 nitrogen and oxygen atoms in total. The molecule has 3 aliphatic rings. The van der Waals surface area contributed by atoms with Gasteiger partial charge in [0, 0.05) is 19.7 Å². The average molecular weight is 199 g/mol. The minimum Gasteiger partial charge on any atom is -0.480 e. The summed E-state index contributed by atoms with van der Waals surface area (Å²) in [4.78, 5) is 12.5. The molecule has 0 aromatic carbocycles. The molecule has 0 unspecified atom stereocenters. The molecule has 1 saturated carbocycles. The van der Waals surface area contributed by atoms with Crippen LogP contribution in [0.5, 0.6) is 0 Å². The minimum atomic E-state index is -0.723. The molecule has 4 heteroatoms. The number of carboxylic acids is 1. The topological polar surface area (TPSA) is 49.8 Å². The molecule has 2 aliphatic heterocycles. The predicted octanol–water partition coefficient (Wildman–Crippen LogP) is 0.428. The highest BCUT2D eigenvalue weighted by Crippen LogP contribution is 2.41. The third-order valence-electron chi connectivity index (χ3n) is 3.24. The van der Waals surface area contributed by atoms with Crippen LogP contribution in [0.3, 0.4) is 0 Å². The predicted molar refractivity (Wildman–Crippen MR) is 51.1 cm³/mol. The third kappa shape index (κ3) is 1.77. The molecule has 2 saturated heterocycles. The molecule has 80 valence electrons. The Morgan fingerprint density at radius 2 is 2.14 bits per heavy atom. The first kappa shape index (κ1) is 9.93. The van der Waals surface area contributed by atoms with Crippen LogP contribution in [0.4, 0.5) is 0 Å². The first-order valence-electron chi connectivity index (χ1n) is 5.26. The fourth-order valence-corrected chi connectivity index (χ4v) is 2.73. The number of carboxylic acid groups (broad SMARTS) is 1. The zero-order valence-electron chi connectivity index (χ0n) is 8.48. The van der Waals surface area contributed by atoms with Crippen LogP contribution < -0.4 is 0 Å². The van der Waals surface area contributed by atoms with Crippen LogP contribution in [0, 0.1) is 11.8 Å². The SMILES string of the molecule is CCOC1[C@H]2C[C@H]1CN(CC(=O)O)C2. The van der Waals surface area contributed by atoms with Crippen molar-refractivity contribution in [3.63, 3.8) is 0 Å². The molecule has 2 heterocycles. The van der Waals surface area contributed by atoms with Crippen LogP contribution in [0.1, 0.15) is 13.3 Å². The molecule has 2 bridgehead atoms. The van der Waals surface area contributed by atoms with E-state index in [1.165, 1.54) is 6.42 Å². The van der Waals surface area contributed by atoms with Gasteiger partial charge >= 0.3 is 5.97 Å². The molecular weight excluding hydrogens is 182 g/mol. The van der Waals surface area contributed by atoms with Gasteiger partial charge in [-0.05, 0) is 25.2 Å². The van der Waals surface area contributed by atoms with Crippen molar-refractivity contribution < 1.29 is 14.6 Å². The van der Waals surface area contributed by atoms with Crippen LogP contribution in [0.25, 0.3) is 0 Å². The highest BCUT2D eigenvalue weighted by Gasteiger charge is 2.47. The van der Waals surface area contributed by atoms with Crippen LogP contribution in [0.2, 0.25) is 0 Å². The molecule has 0 spiro atoms. The highest BCUT2D eigenvalue weighted by molar-refractivity contribution is 5.69. The van der Waals surface area contributed by atoms with Gasteiger partial charge in [0.2, 0.25) is 0 Å². The maximum Gasteiger partial charge on any atom is 0.317 e. The van der Waals surface area contributed by atoms with Crippen molar-refractivity contribution in [2.24, 2.45) is 11.8 Å². The van der Waals surface area contributed by atoms with Gasteiger partial charge in [-0.2, -0.15) is 0 Å². The van der Waals surface area contributed by atoms with Gasteiger partial charge in [-0.25, -0.2) is 0 Å². The lowest BCUT2D eigenvalue weighted by atomic mass is 9.68. The van der Waals surface area contributed by atoms with E-state index in [4.69, 9.17) is 9.84 Å². The van der Waals surface area contributed by atoms with Crippen molar-refractivity contribution in [3.05, 3.63) is 0 Å². The van der Waals surface area contributed by atoms with Gasteiger partial charge in [0.05, 0.1) is 12.6 Å². The Balaban J connectivity index is 1.82. The quantitative estimate of drug-likeness (QED) is 0.713. The van der Waals surface area contributed by atoms with Crippen molar-refractivity contribution in [2.75, 3.05) is 26.2 Å². The number of hydrogen-bond donors (Lipinski definition) is 1. The summed E-state index contributed by atoms with van der Waals surface area (Å²) in [5, 5.41) is 8.66. The lowest BCUT2D eigenvalue weighted by Crippen LogP contribution is -2.59. The van der Waals surface area contributed by atoms with Crippen molar-refractivity contribution in [2.45, 2.75) is 19.4 Å². The van der Waals surface area contributed by atoms with Gasteiger partial charge in [-0.15, -0.1) is 0 Å². The minimum absolute atomic E-state index is 0.186. The van der Waals surface area contributed by atoms with Gasteiger partial charge in [-0.1, -0.05) is 0 Å². The summed E-state index contributed by atoms with van der Waals surface area (Å²) in [6, 6.07) is 0. The summed E-state index contributed by atoms with van der Waals surface area (Å²) >= 11 is 0. The summed E-state index contributed by atoms with van der Waals surface area (Å²) in [6.45, 7) is 4.77. The van der Waals surface area contributed by atoms with E-state index < -0.39 is 5.97 Å². The lowest BCUT2D eigenvalue weighted by Gasteiger charge is -2.52. The number of nitrogens with zero attached hydrogens (tertiary/aromatic N) is 1. The Morgan fingerprint density at radius 1 is 1.50 bits per heavy atom. The van der Waals surface area contributed by atoms with Crippen molar-refractivity contribution in [1.29, 1.82) is 0 Å². The Bertz CT molecular complexity index is 219. The lowest BCUT2D eigenvalue weighted by molar-refractivity contribution is -0.154. The molecular formula is C10H17NO3. The van der Waals surface area contributed by atoms with E-state index in [1.807, 2.05) is 11.8 Å². The molecule has 1 aliphatic carbocycles. The molecule has 0 aromatic heterocycles. The van der Waals surface area contributed by atoms with Gasteiger partial charge in [0.25, 0.3) is 0 Å². The summed E-state index contributed by atoms with van der Waals surface area (Å²) in [5.41, 5.74) is 0. The second-order valence-corrected chi connectivity index (χ2v) is 4.26. The zero-order chi connectivity index (χ0) is 10.1. The Kier molecular flexibility index (Phi) is 2.74. The summed E-state index contributed by atoms with van der Waals surface area (Å²) in [7, 11) is 0. The molecule has 0 amide bonds. The van der Waals surface area contributed by atoms with Crippen LogP contribution in [0.15, 0.2) is 0 Å². The van der Waals surface area contributed by atoms with E-state index in [9.17, 15) is 4.79 Å². The van der Waals surface area contributed by atoms with Crippen LogP contribution in [-0.4, -0.2) is 48.3 Å². The fraction of sp³-hybridized carbons (Fsp3) is 0.900. The standard InChI is InChI=1S/C10H17NO3/c1-2-14-10-7-3-8(10)5-11(4-7)6-9(12)13/h7-8,10H,2-6H2,1H3,(H,12,13)/t7-,8-/m0/s1. The zero-order valence-corrected chi connectivity index (χ0v) is 8.48. The monoisotopic (exact) mass is 199 g/mol. The van der Waals surface area contributed by atoms with Gasteiger partial charge < -0.3 is 9.84 Å². The van der Waals surface area contributed by atoms with E-state index in [0.717, 1.165) is 19.7 Å². The molecule has 1 N–H and O–H groups in total. The average Bonchev–Trinajstić information content (AvgIpc) is 2.13. The Labute approximate surface area is 83.8 Å². The third-order valence-corrected chi connectivity index (χ3v) is 3.24. The van der Waals surface area contributed by atoms with Crippen molar-refractivity contribution in [3.8, 4) is 0 Å². The van der Waals surface area contributed by atoms with E-state index >= 15 is 0 Å². The number of rotatable bonds is 4. The first-order valence-corrected chi connectivity index (χ1v) is 5.26. The number of piperidine rings is 2. The maximum absolute atomic E-state index is 10.5. The fourth-order valence-electron chi connectivity index (χ4n) is 2.73. The number of ether oxygens (including phenoxy) is 1. The second-order valence-electron chi connectivity index (χ2n) is 4.26. The molecule has 3 rings (SSSR count). The van der Waals surface area contributed by atoms with Crippen LogP contribution >= 0.6 is 0 Å². The first-order chi connectivity index (χ1) is 6.70. The van der Waals surface area contributed by atoms with Crippen LogP contribution in [-0.2, 0) is 9.53 Å². The highest BCUT2D eigenvalue weighted by atomic mass is 16.5. The molecule has 14 heavy (non-hydrogen) atoms. The number of carbonyl (C=O) groups is 1. The molecule has 0 radical (unpaired) electrons. The number of aliphatic carboxylic acids is 1. The van der Waals surface area contributed by atoms with E-state index in [2.05, 4.69) is 0 Å². The van der Waals surface area contributed by atoms with Gasteiger partial charge in [0.15, 0.2) is 0 Å². The molecule has 3 fully saturated rings. The van der Waals surface area contributed by atoms with E-state index in [-0.39, 0.29) is 6.54 Å². The Morgan fingerprint density at radius 3 is 2.64 bits per heavy atom. The molecule has 2 atom stereocenters. The van der Waals surface area contributed by atoms with Crippen molar-refractivity contribution in [1.82, 2.24) is 4.90 Å². The van der Waals surface area contributed by atoms with E-state index in [0.29, 0.717) is 17.9 Å². The van der Waals surface area contributed by atoms with E-state index in [1.54, 1.807) is 0 Å². The molecule has 0 aromatic rings. The summed E-state index contributed by atoms with van der Waals surface area (Å²) in [5.74, 6) is 0.431. The summed E-state index contributed by atoms with van der Waals surface area (Å²) < 4.78 is 5.62. The normalized spacial score (nSPS) is 36.5. The number of hydrogen-bond acceptors (Lipinski definition) is 3. The smallest absolute Gasteiger partial charge is 0.317 e. The summed E-state index contributed by atoms with van der Waals surface area (Å²) in [6.07, 6.45) is 1.63. The number of fused-ring (bicyclic) bond motifs is 2. The largest absolute Gasteiger partial charge is 0.480 e. The van der Waals surface area contributed by atoms with Gasteiger partial charge in [-0.3, -0.25) is 9.69 Å². The Hall–Kier alpha value is -0.610. The maximum atomic E-state index is 10.5. The van der Waals surface area contributed by atoms with Crippen molar-refractivity contribution >= 4 is 5.97 Å².